The third-order valence-corrected chi connectivity index (χ3v) is 5.98. The number of nitrogens with zero attached hydrogens (tertiary/aromatic N) is 3. The Bertz CT molecular complexity index is 1200. The summed E-state index contributed by atoms with van der Waals surface area (Å²) < 4.78 is 63.7. The molecular weight excluding hydrogens is 456 g/mol. The Morgan fingerprint density at radius 2 is 1.91 bits per heavy atom. The van der Waals surface area contributed by atoms with Crippen molar-refractivity contribution in [2.75, 3.05) is 18.4 Å². The number of piperidine rings is 1. The number of hydrogen-bond acceptors (Lipinski definition) is 6. The largest absolute Gasteiger partial charge is 0.458 e. The number of benzene rings is 1. The van der Waals surface area contributed by atoms with Crippen molar-refractivity contribution in [1.82, 2.24) is 14.9 Å². The van der Waals surface area contributed by atoms with Crippen LogP contribution in [0.1, 0.15) is 43.7 Å². The number of carbonyl (C=O) groups excluding carboxylic acids is 1. The van der Waals surface area contributed by atoms with E-state index in [-0.39, 0.29) is 24.7 Å². The van der Waals surface area contributed by atoms with Crippen LogP contribution in [-0.2, 0) is 4.74 Å². The van der Waals surface area contributed by atoms with Crippen LogP contribution < -0.4 is 5.32 Å². The van der Waals surface area contributed by atoms with E-state index in [2.05, 4.69) is 15.3 Å². The topological polar surface area (TPSA) is 80.5 Å². The number of anilines is 2. The molecule has 0 atom stereocenters. The van der Waals surface area contributed by atoms with Crippen molar-refractivity contribution >= 4 is 28.7 Å². The Morgan fingerprint density at radius 3 is 2.56 bits per heavy atom. The minimum atomic E-state index is -4.66. The SMILES string of the molecule is Cc1ccc(Nc2ncnc3c(C4CCN(C(=O)OC(C)(C)C(F)(F)F)CC4)coc23)c(F)c1. The lowest BCUT2D eigenvalue weighted by Crippen LogP contribution is -2.48. The van der Waals surface area contributed by atoms with Crippen LogP contribution in [0.5, 0.6) is 0 Å². The molecule has 1 N–H and O–H groups in total. The smallest absolute Gasteiger partial charge is 0.427 e. The fraction of sp³-hybridized carbons (Fsp3) is 0.435. The molecule has 3 aromatic rings. The first-order chi connectivity index (χ1) is 16.0. The van der Waals surface area contributed by atoms with Gasteiger partial charge >= 0.3 is 12.3 Å². The number of fused-ring (bicyclic) bond motifs is 1. The third-order valence-electron chi connectivity index (χ3n) is 5.98. The first-order valence-electron chi connectivity index (χ1n) is 10.8. The van der Waals surface area contributed by atoms with E-state index in [1.54, 1.807) is 25.3 Å². The van der Waals surface area contributed by atoms with Gasteiger partial charge in [0.2, 0.25) is 5.60 Å². The highest BCUT2D eigenvalue weighted by Gasteiger charge is 2.51. The van der Waals surface area contributed by atoms with Crippen LogP contribution in [0.15, 0.2) is 35.2 Å². The first kappa shape index (κ1) is 23.8. The molecule has 1 aliphatic rings. The zero-order chi connectivity index (χ0) is 24.7. The number of hydrogen-bond donors (Lipinski definition) is 1. The third kappa shape index (κ3) is 4.64. The van der Waals surface area contributed by atoms with Crippen LogP contribution >= 0.6 is 0 Å². The molecule has 0 radical (unpaired) electrons. The van der Waals surface area contributed by atoms with E-state index < -0.39 is 23.7 Å². The molecule has 0 bridgehead atoms. The summed E-state index contributed by atoms with van der Waals surface area (Å²) in [5.74, 6) is -0.138. The summed E-state index contributed by atoms with van der Waals surface area (Å²) in [4.78, 5) is 22.0. The van der Waals surface area contributed by atoms with E-state index in [1.807, 2.05) is 0 Å². The molecule has 1 amide bonds. The molecule has 182 valence electrons. The standard InChI is InChI=1S/C23H24F4N4O3/c1-13-4-5-17(16(24)10-13)30-20-19-18(28-12-29-20)15(11-33-19)14-6-8-31(9-7-14)21(32)34-22(2,3)23(25,26)27/h4-5,10-12,14H,6-9H2,1-3H3,(H,28,29,30). The number of amides is 1. The molecule has 0 saturated carbocycles. The van der Waals surface area contributed by atoms with Crippen molar-refractivity contribution in [1.29, 1.82) is 0 Å². The Hall–Kier alpha value is -3.37. The van der Waals surface area contributed by atoms with Gasteiger partial charge in [0.1, 0.15) is 17.7 Å². The number of rotatable bonds is 4. The molecule has 1 saturated heterocycles. The van der Waals surface area contributed by atoms with Gasteiger partial charge in [-0.05, 0) is 57.2 Å². The Labute approximate surface area is 193 Å². The highest BCUT2D eigenvalue weighted by molar-refractivity contribution is 5.88. The van der Waals surface area contributed by atoms with Crippen LogP contribution in [0, 0.1) is 12.7 Å². The fourth-order valence-electron chi connectivity index (χ4n) is 3.81. The van der Waals surface area contributed by atoms with E-state index >= 15 is 0 Å². The molecule has 11 heteroatoms. The highest BCUT2D eigenvalue weighted by Crippen LogP contribution is 2.37. The molecule has 2 aromatic heterocycles. The molecule has 7 nitrogen and oxygen atoms in total. The van der Waals surface area contributed by atoms with Crippen molar-refractivity contribution in [3.63, 3.8) is 0 Å². The van der Waals surface area contributed by atoms with E-state index in [0.717, 1.165) is 25.0 Å². The fourth-order valence-corrected chi connectivity index (χ4v) is 3.81. The number of carbonyl (C=O) groups is 1. The lowest BCUT2D eigenvalue weighted by Gasteiger charge is -2.34. The van der Waals surface area contributed by atoms with Gasteiger partial charge in [0.25, 0.3) is 0 Å². The normalized spacial score (nSPS) is 15.6. The van der Waals surface area contributed by atoms with Gasteiger partial charge in [-0.25, -0.2) is 19.2 Å². The minimum absolute atomic E-state index is 0.0280. The van der Waals surface area contributed by atoms with Gasteiger partial charge in [0, 0.05) is 18.7 Å². The molecule has 1 aromatic carbocycles. The lowest BCUT2D eigenvalue weighted by atomic mass is 9.90. The number of likely N-dealkylation sites (tertiary alicyclic amines) is 1. The van der Waals surface area contributed by atoms with Gasteiger partial charge in [0.15, 0.2) is 11.4 Å². The summed E-state index contributed by atoms with van der Waals surface area (Å²) in [5, 5.41) is 2.93. The van der Waals surface area contributed by atoms with Gasteiger partial charge in [-0.3, -0.25) is 0 Å². The number of halogens is 4. The lowest BCUT2D eigenvalue weighted by molar-refractivity contribution is -0.246. The Kier molecular flexibility index (Phi) is 6.13. The van der Waals surface area contributed by atoms with Gasteiger partial charge < -0.3 is 19.4 Å². The predicted octanol–water partition coefficient (Wildman–Crippen LogP) is 6.07. The summed E-state index contributed by atoms with van der Waals surface area (Å²) in [5.41, 5.74) is 0.188. The monoisotopic (exact) mass is 480 g/mol. The Balaban J connectivity index is 1.46. The number of aryl methyl sites for hydroxylation is 1. The first-order valence-corrected chi connectivity index (χ1v) is 10.8. The second-order valence-electron chi connectivity index (χ2n) is 8.84. The van der Waals surface area contributed by atoms with Crippen molar-refractivity contribution in [2.45, 2.75) is 51.3 Å². The van der Waals surface area contributed by atoms with Gasteiger partial charge in [0.05, 0.1) is 12.0 Å². The van der Waals surface area contributed by atoms with Crippen molar-refractivity contribution in [2.24, 2.45) is 0 Å². The van der Waals surface area contributed by atoms with Crippen LogP contribution in [0.3, 0.4) is 0 Å². The maximum absolute atomic E-state index is 14.3. The van der Waals surface area contributed by atoms with E-state index in [9.17, 15) is 22.4 Å². The highest BCUT2D eigenvalue weighted by atomic mass is 19.4. The minimum Gasteiger partial charge on any atom is -0.458 e. The quantitative estimate of drug-likeness (QED) is 0.457. The zero-order valence-electron chi connectivity index (χ0n) is 18.9. The summed E-state index contributed by atoms with van der Waals surface area (Å²) in [6.07, 6.45) is -1.76. The maximum Gasteiger partial charge on any atom is 0.427 e. The molecule has 1 aliphatic heterocycles. The van der Waals surface area contributed by atoms with Gasteiger partial charge in [-0.1, -0.05) is 6.07 Å². The Morgan fingerprint density at radius 1 is 1.21 bits per heavy atom. The maximum atomic E-state index is 14.3. The number of furan rings is 1. The van der Waals surface area contributed by atoms with Crippen molar-refractivity contribution in [3.8, 4) is 0 Å². The van der Waals surface area contributed by atoms with E-state index in [1.165, 1.54) is 17.3 Å². The molecular formula is C23H24F4N4O3. The van der Waals surface area contributed by atoms with E-state index in [4.69, 9.17) is 9.15 Å². The number of aromatic nitrogens is 2. The van der Waals surface area contributed by atoms with Crippen molar-refractivity contribution in [3.05, 3.63) is 47.7 Å². The second kappa shape index (κ2) is 8.77. The van der Waals surface area contributed by atoms with Crippen LogP contribution in [0.2, 0.25) is 0 Å². The molecule has 0 spiro atoms. The molecule has 3 heterocycles. The van der Waals surface area contributed by atoms with Crippen LogP contribution in [0.25, 0.3) is 11.1 Å². The molecule has 34 heavy (non-hydrogen) atoms. The average molecular weight is 480 g/mol. The predicted molar refractivity (Wildman–Crippen MR) is 116 cm³/mol. The zero-order valence-corrected chi connectivity index (χ0v) is 18.9. The second-order valence-corrected chi connectivity index (χ2v) is 8.84. The van der Waals surface area contributed by atoms with Gasteiger partial charge in [-0.2, -0.15) is 13.2 Å². The molecule has 4 rings (SSSR count). The summed E-state index contributed by atoms with van der Waals surface area (Å²) >= 11 is 0. The molecule has 1 fully saturated rings. The molecule has 0 unspecified atom stereocenters. The summed E-state index contributed by atoms with van der Waals surface area (Å²) in [6.45, 7) is 3.90. The van der Waals surface area contributed by atoms with E-state index in [0.29, 0.717) is 29.8 Å². The van der Waals surface area contributed by atoms with Gasteiger partial charge in [-0.15, -0.1) is 0 Å². The number of ether oxygens (including phenoxy) is 1. The number of nitrogens with one attached hydrogen (secondary N) is 1. The summed E-state index contributed by atoms with van der Waals surface area (Å²) in [6, 6.07) is 4.78. The molecule has 0 aliphatic carbocycles. The van der Waals surface area contributed by atoms with Crippen LogP contribution in [0.4, 0.5) is 33.9 Å². The van der Waals surface area contributed by atoms with Crippen LogP contribution in [-0.4, -0.2) is 45.8 Å². The average Bonchev–Trinajstić information content (AvgIpc) is 3.20. The number of alkyl halides is 3. The van der Waals surface area contributed by atoms with Crippen molar-refractivity contribution < 1.29 is 31.5 Å². The summed E-state index contributed by atoms with van der Waals surface area (Å²) in [7, 11) is 0.